The van der Waals surface area contributed by atoms with E-state index in [4.69, 9.17) is 0 Å². The average molecular weight is 377 g/mol. The number of H-pyrrole nitrogens is 1. The van der Waals surface area contributed by atoms with E-state index >= 15 is 0 Å². The Labute approximate surface area is 145 Å². The molecule has 1 saturated heterocycles. The number of rotatable bonds is 7. The van der Waals surface area contributed by atoms with Crippen LogP contribution in [0.4, 0.5) is 0 Å². The predicted molar refractivity (Wildman–Crippen MR) is 92.9 cm³/mol. The molecule has 24 heavy (non-hydrogen) atoms. The molecule has 0 saturated carbocycles. The summed E-state index contributed by atoms with van der Waals surface area (Å²) in [5, 5.41) is 6.43. The van der Waals surface area contributed by atoms with Gasteiger partial charge in [0, 0.05) is 19.1 Å². The molecule has 2 heterocycles. The van der Waals surface area contributed by atoms with Crippen molar-refractivity contribution in [2.24, 2.45) is 0 Å². The van der Waals surface area contributed by atoms with Gasteiger partial charge in [-0.15, -0.1) is 5.10 Å². The molecule has 0 aliphatic carbocycles. The Morgan fingerprint density at radius 2 is 2.21 bits per heavy atom. The maximum atomic E-state index is 12.7. The number of nitrogens with zero attached hydrogens (tertiary/aromatic N) is 3. The molecule has 1 aromatic rings. The van der Waals surface area contributed by atoms with E-state index in [-0.39, 0.29) is 29.1 Å². The third-order valence-electron chi connectivity index (χ3n) is 4.07. The van der Waals surface area contributed by atoms with Gasteiger partial charge in [-0.25, -0.2) is 18.3 Å². The molecule has 8 nitrogen and oxygen atoms in total. The number of thioether (sulfide) groups is 1. The number of aromatic amines is 1. The minimum absolute atomic E-state index is 0.0346. The zero-order valence-corrected chi connectivity index (χ0v) is 15.8. The summed E-state index contributed by atoms with van der Waals surface area (Å²) in [5.74, 6) is 0.0498. The number of hydrogen-bond donors (Lipinski definition) is 1. The van der Waals surface area contributed by atoms with Gasteiger partial charge in [0.15, 0.2) is 15.0 Å². The van der Waals surface area contributed by atoms with Gasteiger partial charge in [-0.05, 0) is 26.7 Å². The largest absolute Gasteiger partial charge is 0.343 e. The van der Waals surface area contributed by atoms with Crippen LogP contribution in [0.2, 0.25) is 0 Å². The van der Waals surface area contributed by atoms with Gasteiger partial charge in [0.05, 0.1) is 16.8 Å². The van der Waals surface area contributed by atoms with Crippen molar-refractivity contribution in [1.29, 1.82) is 0 Å². The average Bonchev–Trinajstić information content (AvgIpc) is 3.04. The second kappa shape index (κ2) is 7.73. The number of aromatic nitrogens is 3. The van der Waals surface area contributed by atoms with E-state index < -0.39 is 15.1 Å². The highest BCUT2D eigenvalue weighted by Gasteiger charge is 2.35. The maximum absolute atomic E-state index is 12.7. The van der Waals surface area contributed by atoms with Crippen molar-refractivity contribution >= 4 is 27.5 Å². The van der Waals surface area contributed by atoms with Crippen LogP contribution in [0.5, 0.6) is 0 Å². The fraction of sp³-hybridized carbons (Fsp3) is 0.786. The van der Waals surface area contributed by atoms with E-state index in [9.17, 15) is 18.0 Å². The highest BCUT2D eigenvalue weighted by molar-refractivity contribution is 8.00. The van der Waals surface area contributed by atoms with Crippen LogP contribution in [0.3, 0.4) is 0 Å². The van der Waals surface area contributed by atoms with Crippen LogP contribution in [0.1, 0.15) is 33.6 Å². The molecule has 0 spiro atoms. The van der Waals surface area contributed by atoms with Gasteiger partial charge < -0.3 is 4.90 Å². The van der Waals surface area contributed by atoms with Crippen molar-refractivity contribution in [2.45, 2.75) is 56.6 Å². The van der Waals surface area contributed by atoms with Crippen LogP contribution in [-0.4, -0.2) is 63.3 Å². The zero-order chi connectivity index (χ0) is 17.9. The molecular formula is C14H24N4O4S2. The normalized spacial score (nSPS) is 20.9. The molecule has 1 amide bonds. The van der Waals surface area contributed by atoms with Gasteiger partial charge in [0.2, 0.25) is 5.91 Å². The molecule has 2 unspecified atom stereocenters. The molecule has 0 bridgehead atoms. The van der Waals surface area contributed by atoms with Crippen molar-refractivity contribution < 1.29 is 13.2 Å². The highest BCUT2D eigenvalue weighted by atomic mass is 32.2. The van der Waals surface area contributed by atoms with Gasteiger partial charge in [0.25, 0.3) is 0 Å². The summed E-state index contributed by atoms with van der Waals surface area (Å²) in [4.78, 5) is 26.1. The number of carbonyl (C=O) groups excluding carboxylic acids is 1. The number of carbonyl (C=O) groups is 1. The summed E-state index contributed by atoms with van der Waals surface area (Å²) in [6.45, 7) is 6.57. The van der Waals surface area contributed by atoms with E-state index in [1.807, 2.05) is 13.8 Å². The van der Waals surface area contributed by atoms with Gasteiger partial charge >= 0.3 is 5.69 Å². The van der Waals surface area contributed by atoms with Crippen LogP contribution in [0.25, 0.3) is 0 Å². The summed E-state index contributed by atoms with van der Waals surface area (Å²) in [6, 6.07) is -0.257. The van der Waals surface area contributed by atoms with Gasteiger partial charge in [-0.3, -0.25) is 9.36 Å². The number of amides is 1. The third kappa shape index (κ3) is 4.21. The molecule has 2 atom stereocenters. The number of hydrogen-bond acceptors (Lipinski definition) is 6. The summed E-state index contributed by atoms with van der Waals surface area (Å²) >= 11 is 1.22. The summed E-state index contributed by atoms with van der Waals surface area (Å²) < 4.78 is 24.9. The minimum atomic E-state index is -3.04. The first-order chi connectivity index (χ1) is 11.3. The minimum Gasteiger partial charge on any atom is -0.338 e. The molecule has 10 heteroatoms. The highest BCUT2D eigenvalue weighted by Crippen LogP contribution is 2.25. The Balaban J connectivity index is 2.09. The van der Waals surface area contributed by atoms with Gasteiger partial charge in [-0.2, -0.15) is 0 Å². The van der Waals surface area contributed by atoms with Crippen LogP contribution < -0.4 is 5.69 Å². The van der Waals surface area contributed by atoms with Crippen LogP contribution in [0, 0.1) is 0 Å². The molecule has 1 aliphatic heterocycles. The molecule has 2 rings (SSSR count). The standard InChI is InChI=1S/C14H24N4O4S2/c1-4-7-18-13(20)15-16-14(18)23-10(3)12(19)17(5-2)11-6-8-24(21,22)9-11/h10-11H,4-9H2,1-3H3,(H,15,20). The lowest BCUT2D eigenvalue weighted by Gasteiger charge is -2.29. The summed E-state index contributed by atoms with van der Waals surface area (Å²) in [6.07, 6.45) is 1.28. The monoisotopic (exact) mass is 376 g/mol. The van der Waals surface area contributed by atoms with E-state index in [0.29, 0.717) is 24.7 Å². The second-order valence-corrected chi connectivity index (χ2v) is 9.44. The lowest BCUT2D eigenvalue weighted by atomic mass is 10.2. The van der Waals surface area contributed by atoms with E-state index in [1.54, 1.807) is 11.8 Å². The second-order valence-electron chi connectivity index (χ2n) is 5.90. The molecular weight excluding hydrogens is 352 g/mol. The fourth-order valence-electron chi connectivity index (χ4n) is 2.87. The number of nitrogens with one attached hydrogen (secondary N) is 1. The van der Waals surface area contributed by atoms with Crippen molar-refractivity contribution in [3.05, 3.63) is 10.5 Å². The molecule has 1 N–H and O–H groups in total. The number of sulfone groups is 1. The maximum Gasteiger partial charge on any atom is 0.343 e. The van der Waals surface area contributed by atoms with Crippen molar-refractivity contribution in [3.63, 3.8) is 0 Å². The molecule has 0 radical (unpaired) electrons. The van der Waals surface area contributed by atoms with Gasteiger partial charge in [-0.1, -0.05) is 18.7 Å². The third-order valence-corrected chi connectivity index (χ3v) is 6.90. The van der Waals surface area contributed by atoms with Gasteiger partial charge in [0.1, 0.15) is 0 Å². The molecule has 1 fully saturated rings. The lowest BCUT2D eigenvalue weighted by Crippen LogP contribution is -2.44. The van der Waals surface area contributed by atoms with Crippen LogP contribution in [0.15, 0.2) is 9.95 Å². The Morgan fingerprint density at radius 1 is 1.50 bits per heavy atom. The Morgan fingerprint density at radius 3 is 2.75 bits per heavy atom. The lowest BCUT2D eigenvalue weighted by molar-refractivity contribution is -0.131. The topological polar surface area (TPSA) is 105 Å². The van der Waals surface area contributed by atoms with E-state index in [0.717, 1.165) is 6.42 Å². The first-order valence-corrected chi connectivity index (χ1v) is 10.8. The zero-order valence-electron chi connectivity index (χ0n) is 14.2. The first-order valence-electron chi connectivity index (χ1n) is 8.11. The smallest absolute Gasteiger partial charge is 0.338 e. The summed E-state index contributed by atoms with van der Waals surface area (Å²) in [7, 11) is -3.04. The summed E-state index contributed by atoms with van der Waals surface area (Å²) in [5.41, 5.74) is -0.284. The van der Waals surface area contributed by atoms with Crippen LogP contribution >= 0.6 is 11.8 Å². The SMILES string of the molecule is CCCn1c(SC(C)C(=O)N(CC)C2CCS(=O)(=O)C2)n[nH]c1=O. The molecule has 1 aliphatic rings. The molecule has 1 aromatic heterocycles. The molecule has 0 aromatic carbocycles. The first kappa shape index (κ1) is 19.0. The van der Waals surface area contributed by atoms with Crippen molar-refractivity contribution in [1.82, 2.24) is 19.7 Å². The Kier molecular flexibility index (Phi) is 6.13. The predicted octanol–water partition coefficient (Wildman–Crippen LogP) is 0.498. The Hall–Kier alpha value is -1.29. The van der Waals surface area contributed by atoms with Crippen LogP contribution in [-0.2, 0) is 21.2 Å². The fourth-order valence-corrected chi connectivity index (χ4v) is 5.55. The van der Waals surface area contributed by atoms with Crippen molar-refractivity contribution in [3.8, 4) is 0 Å². The van der Waals surface area contributed by atoms with E-state index in [1.165, 1.54) is 16.3 Å². The molecule has 136 valence electrons. The van der Waals surface area contributed by atoms with Crippen molar-refractivity contribution in [2.75, 3.05) is 18.1 Å². The quantitative estimate of drug-likeness (QED) is 0.695. The van der Waals surface area contributed by atoms with E-state index in [2.05, 4.69) is 10.2 Å². The Bertz CT molecular complexity index is 740.